The van der Waals surface area contributed by atoms with Gasteiger partial charge in [0.1, 0.15) is 0 Å². The highest BCUT2D eigenvalue weighted by Gasteiger charge is 2.19. The minimum Gasteiger partial charge on any atom is -0.493 e. The Morgan fingerprint density at radius 2 is 1.85 bits per heavy atom. The van der Waals surface area contributed by atoms with Crippen molar-refractivity contribution in [2.45, 2.75) is 19.4 Å². The molecule has 0 aromatic heterocycles. The van der Waals surface area contributed by atoms with Crippen LogP contribution in [0.2, 0.25) is 0 Å². The summed E-state index contributed by atoms with van der Waals surface area (Å²) in [6, 6.07) is 5.48. The van der Waals surface area contributed by atoms with E-state index in [1.807, 2.05) is 18.2 Å². The number of nitrogens with one attached hydrogen (secondary N) is 2. The second kappa shape index (κ2) is 10.9. The van der Waals surface area contributed by atoms with Crippen molar-refractivity contribution in [2.24, 2.45) is 5.92 Å². The number of carbonyl (C=O) groups is 1. The largest absolute Gasteiger partial charge is 0.493 e. The summed E-state index contributed by atoms with van der Waals surface area (Å²) in [5.74, 6) is 1.88. The molecule has 0 atom stereocenters. The third-order valence-electron chi connectivity index (χ3n) is 4.77. The molecule has 2 N–H and O–H groups in total. The highest BCUT2D eigenvalue weighted by atomic mass is 16.5. The monoisotopic (exact) mass is 365 g/mol. The van der Waals surface area contributed by atoms with E-state index in [-0.39, 0.29) is 6.03 Å². The summed E-state index contributed by atoms with van der Waals surface area (Å²) in [6.45, 7) is 5.08. The van der Waals surface area contributed by atoms with Crippen molar-refractivity contribution >= 4 is 6.03 Å². The number of piperidine rings is 1. The van der Waals surface area contributed by atoms with Gasteiger partial charge < -0.3 is 29.7 Å². The average Bonchev–Trinajstić information content (AvgIpc) is 2.69. The summed E-state index contributed by atoms with van der Waals surface area (Å²) >= 11 is 0. The van der Waals surface area contributed by atoms with E-state index in [4.69, 9.17) is 14.2 Å². The van der Waals surface area contributed by atoms with E-state index in [2.05, 4.69) is 15.5 Å². The first-order valence-corrected chi connectivity index (χ1v) is 9.10. The van der Waals surface area contributed by atoms with Crippen LogP contribution in [0.15, 0.2) is 18.2 Å². The van der Waals surface area contributed by atoms with Gasteiger partial charge in [0.25, 0.3) is 0 Å². The molecule has 146 valence electrons. The van der Waals surface area contributed by atoms with Crippen LogP contribution < -0.4 is 20.1 Å². The molecule has 2 rings (SSSR count). The minimum absolute atomic E-state index is 0.137. The van der Waals surface area contributed by atoms with Crippen LogP contribution in [-0.2, 0) is 11.3 Å². The fourth-order valence-corrected chi connectivity index (χ4v) is 3.11. The number of carbonyl (C=O) groups excluding carboxylic acids is 1. The summed E-state index contributed by atoms with van der Waals surface area (Å²) in [5.41, 5.74) is 0.962. The van der Waals surface area contributed by atoms with E-state index in [1.165, 1.54) is 0 Å². The van der Waals surface area contributed by atoms with Crippen molar-refractivity contribution in [3.8, 4) is 11.5 Å². The maximum Gasteiger partial charge on any atom is 0.315 e. The first-order valence-electron chi connectivity index (χ1n) is 9.10. The molecule has 2 amide bonds. The van der Waals surface area contributed by atoms with Crippen molar-refractivity contribution in [3.63, 3.8) is 0 Å². The molecule has 1 heterocycles. The first-order chi connectivity index (χ1) is 12.7. The summed E-state index contributed by atoms with van der Waals surface area (Å²) < 4.78 is 15.6. The van der Waals surface area contributed by atoms with E-state index >= 15 is 0 Å². The van der Waals surface area contributed by atoms with Crippen molar-refractivity contribution in [1.29, 1.82) is 0 Å². The highest BCUT2D eigenvalue weighted by molar-refractivity contribution is 5.73. The van der Waals surface area contributed by atoms with E-state index < -0.39 is 0 Å². The Balaban J connectivity index is 1.67. The SMILES string of the molecule is COCCN1CCC(CNC(=O)NCc2ccc(OC)c(OC)c2)CC1. The van der Waals surface area contributed by atoms with Crippen LogP contribution in [0.25, 0.3) is 0 Å². The summed E-state index contributed by atoms with van der Waals surface area (Å²) in [6.07, 6.45) is 2.22. The summed E-state index contributed by atoms with van der Waals surface area (Å²) in [5, 5.41) is 5.87. The smallest absolute Gasteiger partial charge is 0.315 e. The van der Waals surface area contributed by atoms with E-state index in [9.17, 15) is 4.79 Å². The van der Waals surface area contributed by atoms with Crippen LogP contribution >= 0.6 is 0 Å². The molecular weight excluding hydrogens is 334 g/mol. The topological polar surface area (TPSA) is 72.1 Å². The molecule has 1 saturated heterocycles. The third kappa shape index (κ3) is 6.38. The van der Waals surface area contributed by atoms with E-state index in [1.54, 1.807) is 21.3 Å². The van der Waals surface area contributed by atoms with E-state index in [0.717, 1.165) is 51.2 Å². The number of benzene rings is 1. The van der Waals surface area contributed by atoms with Gasteiger partial charge in [-0.15, -0.1) is 0 Å². The van der Waals surface area contributed by atoms with Gasteiger partial charge in [0.15, 0.2) is 11.5 Å². The van der Waals surface area contributed by atoms with Gasteiger partial charge in [0, 0.05) is 26.7 Å². The van der Waals surface area contributed by atoms with Gasteiger partial charge in [0.2, 0.25) is 0 Å². The van der Waals surface area contributed by atoms with Gasteiger partial charge >= 0.3 is 6.03 Å². The van der Waals surface area contributed by atoms with Gasteiger partial charge in [0.05, 0.1) is 20.8 Å². The predicted molar refractivity (Wildman–Crippen MR) is 101 cm³/mol. The minimum atomic E-state index is -0.137. The number of methoxy groups -OCH3 is 3. The Morgan fingerprint density at radius 1 is 1.12 bits per heavy atom. The molecular formula is C19H31N3O4. The molecule has 0 radical (unpaired) electrons. The molecule has 0 bridgehead atoms. The lowest BCUT2D eigenvalue weighted by molar-refractivity contribution is 0.120. The molecule has 1 aliphatic rings. The number of amides is 2. The standard InChI is InChI=1S/C19H31N3O4/c1-24-11-10-22-8-6-15(7-9-22)13-20-19(23)21-14-16-4-5-17(25-2)18(12-16)26-3/h4-5,12,15H,6-11,13-14H2,1-3H3,(H2,20,21,23). The quantitative estimate of drug-likeness (QED) is 0.699. The van der Waals surface area contributed by atoms with Crippen molar-refractivity contribution < 1.29 is 19.0 Å². The Morgan fingerprint density at radius 3 is 2.50 bits per heavy atom. The first kappa shape index (κ1) is 20.3. The second-order valence-electron chi connectivity index (χ2n) is 6.53. The van der Waals surface area contributed by atoms with Crippen LogP contribution in [0, 0.1) is 5.92 Å². The van der Waals surface area contributed by atoms with Gasteiger partial charge in [-0.2, -0.15) is 0 Å². The number of hydrogen-bond donors (Lipinski definition) is 2. The van der Waals surface area contributed by atoms with Crippen molar-refractivity contribution in [1.82, 2.24) is 15.5 Å². The van der Waals surface area contributed by atoms with Crippen LogP contribution in [0.1, 0.15) is 18.4 Å². The van der Waals surface area contributed by atoms with Crippen molar-refractivity contribution in [2.75, 3.05) is 54.1 Å². The number of nitrogens with zero attached hydrogens (tertiary/aromatic N) is 1. The Kier molecular flexibility index (Phi) is 8.50. The van der Waals surface area contributed by atoms with Gasteiger partial charge in [-0.05, 0) is 49.5 Å². The van der Waals surface area contributed by atoms with Gasteiger partial charge in [-0.3, -0.25) is 0 Å². The lowest BCUT2D eigenvalue weighted by Gasteiger charge is -2.31. The molecule has 0 aliphatic carbocycles. The lowest BCUT2D eigenvalue weighted by Crippen LogP contribution is -2.42. The molecule has 0 saturated carbocycles. The van der Waals surface area contributed by atoms with Crippen molar-refractivity contribution in [3.05, 3.63) is 23.8 Å². The molecule has 7 nitrogen and oxygen atoms in total. The predicted octanol–water partition coefficient (Wildman–Crippen LogP) is 1.86. The average molecular weight is 365 g/mol. The third-order valence-corrected chi connectivity index (χ3v) is 4.77. The maximum absolute atomic E-state index is 12.0. The normalized spacial score (nSPS) is 15.5. The molecule has 7 heteroatoms. The molecule has 1 fully saturated rings. The number of urea groups is 1. The fourth-order valence-electron chi connectivity index (χ4n) is 3.11. The second-order valence-corrected chi connectivity index (χ2v) is 6.53. The molecule has 0 unspecified atom stereocenters. The number of hydrogen-bond acceptors (Lipinski definition) is 5. The van der Waals surface area contributed by atoms with Crippen LogP contribution in [0.4, 0.5) is 4.79 Å². The zero-order valence-electron chi connectivity index (χ0n) is 16.0. The summed E-state index contributed by atoms with van der Waals surface area (Å²) in [4.78, 5) is 14.5. The summed E-state index contributed by atoms with van der Waals surface area (Å²) in [7, 11) is 4.94. The van der Waals surface area contributed by atoms with Crippen LogP contribution in [0.5, 0.6) is 11.5 Å². The molecule has 1 aromatic rings. The van der Waals surface area contributed by atoms with E-state index in [0.29, 0.717) is 24.0 Å². The maximum atomic E-state index is 12.0. The Bertz CT molecular complexity index is 560. The number of likely N-dealkylation sites (tertiary alicyclic amines) is 1. The highest BCUT2D eigenvalue weighted by Crippen LogP contribution is 2.27. The molecule has 0 spiro atoms. The Labute approximate surface area is 156 Å². The number of ether oxygens (including phenoxy) is 3. The lowest BCUT2D eigenvalue weighted by atomic mass is 9.97. The fraction of sp³-hybridized carbons (Fsp3) is 0.632. The molecule has 1 aromatic carbocycles. The van der Waals surface area contributed by atoms with Crippen LogP contribution in [0.3, 0.4) is 0 Å². The Hall–Kier alpha value is -1.99. The zero-order valence-corrected chi connectivity index (χ0v) is 16.0. The van der Waals surface area contributed by atoms with Crippen LogP contribution in [-0.4, -0.2) is 65.0 Å². The number of rotatable bonds is 9. The molecule has 26 heavy (non-hydrogen) atoms. The zero-order chi connectivity index (χ0) is 18.8. The van der Waals surface area contributed by atoms with Gasteiger partial charge in [-0.25, -0.2) is 4.79 Å². The van der Waals surface area contributed by atoms with Gasteiger partial charge in [-0.1, -0.05) is 6.07 Å². The molecule has 1 aliphatic heterocycles.